The molecule has 0 radical (unpaired) electrons. The average molecular weight is 1190 g/mol. The molecule has 0 spiro atoms. The fourth-order valence-electron chi connectivity index (χ4n) is 9.10. The maximum Gasteiger partial charge on any atom is 0.472 e. The molecular formula is C61H118O17P2. The number of hydrogen-bond donors (Lipinski definition) is 3. The predicted molar refractivity (Wildman–Crippen MR) is 317 cm³/mol. The summed E-state index contributed by atoms with van der Waals surface area (Å²) in [5.41, 5.74) is 0. The van der Waals surface area contributed by atoms with Gasteiger partial charge in [0, 0.05) is 25.7 Å². The Labute approximate surface area is 486 Å². The van der Waals surface area contributed by atoms with E-state index >= 15 is 0 Å². The highest BCUT2D eigenvalue weighted by atomic mass is 31.2. The second kappa shape index (κ2) is 56.2. The molecule has 0 heterocycles. The molecule has 17 nitrogen and oxygen atoms in total. The van der Waals surface area contributed by atoms with Crippen molar-refractivity contribution in [1.82, 2.24) is 0 Å². The van der Waals surface area contributed by atoms with Crippen LogP contribution in [0.3, 0.4) is 0 Å². The number of aliphatic hydroxyl groups is 1. The van der Waals surface area contributed by atoms with Crippen molar-refractivity contribution < 1.29 is 80.2 Å². The first-order valence-corrected chi connectivity index (χ1v) is 35.3. The molecule has 80 heavy (non-hydrogen) atoms. The number of unbranched alkanes of at least 4 members (excludes halogenated alkanes) is 36. The minimum absolute atomic E-state index is 0.104. The highest BCUT2D eigenvalue weighted by molar-refractivity contribution is 7.47. The fourth-order valence-corrected chi connectivity index (χ4v) is 10.7. The fraction of sp³-hybridized carbons (Fsp3) is 0.934. The van der Waals surface area contributed by atoms with Gasteiger partial charge in [-0.25, -0.2) is 9.13 Å². The van der Waals surface area contributed by atoms with Crippen molar-refractivity contribution in [1.29, 1.82) is 0 Å². The third-order valence-corrected chi connectivity index (χ3v) is 16.0. The van der Waals surface area contributed by atoms with Crippen molar-refractivity contribution in [2.45, 2.75) is 329 Å². The molecule has 474 valence electrons. The Morgan fingerprint density at radius 3 is 0.738 bits per heavy atom. The summed E-state index contributed by atoms with van der Waals surface area (Å²) in [5, 5.41) is 10.5. The zero-order valence-electron chi connectivity index (χ0n) is 51.0. The Morgan fingerprint density at radius 2 is 0.500 bits per heavy atom. The standard InChI is InChI=1S/C61H118O17P2/c1-5-9-13-17-20-23-25-26-27-28-29-30-31-33-36-40-44-48-61(66)78-57(52-72-59(64)46-42-38-35-32-24-21-18-14-10-6-2)54-76-80(69,70)74-50-55(62)49-73-79(67,68)75-53-56(51-71-58(63)45-41-37-16-12-8-4)77-60(65)47-43-39-34-22-19-15-11-7-3/h55-57,62H,5-54H2,1-4H3,(H,67,68)(H,69,70)/t55-,56+,57+/m0/s1. The lowest BCUT2D eigenvalue weighted by Crippen LogP contribution is -2.30. The third-order valence-electron chi connectivity index (χ3n) is 14.1. The van der Waals surface area contributed by atoms with Crippen LogP contribution >= 0.6 is 15.6 Å². The van der Waals surface area contributed by atoms with Crippen molar-refractivity contribution in [2.24, 2.45) is 0 Å². The summed E-state index contributed by atoms with van der Waals surface area (Å²) in [6, 6.07) is 0. The number of esters is 4. The summed E-state index contributed by atoms with van der Waals surface area (Å²) < 4.78 is 67.6. The SMILES string of the molecule is CCCCCCCCCCCCCCCCCCCC(=O)O[C@H](COC(=O)CCCCCCCCCCCC)COP(=O)(O)OC[C@@H](O)COP(=O)(O)OC[C@@H](COC(=O)CCCCCCC)OC(=O)CCCCCCCCCC. The summed E-state index contributed by atoms with van der Waals surface area (Å²) in [6.07, 6.45) is 40.8. The van der Waals surface area contributed by atoms with Gasteiger partial charge in [-0.1, -0.05) is 259 Å². The summed E-state index contributed by atoms with van der Waals surface area (Å²) in [5.74, 6) is -2.15. The lowest BCUT2D eigenvalue weighted by atomic mass is 10.0. The minimum Gasteiger partial charge on any atom is -0.462 e. The number of ether oxygens (including phenoxy) is 4. The van der Waals surface area contributed by atoms with Crippen molar-refractivity contribution in [3.05, 3.63) is 0 Å². The quantitative estimate of drug-likeness (QED) is 0.0222. The van der Waals surface area contributed by atoms with E-state index in [1.54, 1.807) is 0 Å². The molecule has 19 heteroatoms. The van der Waals surface area contributed by atoms with Crippen LogP contribution < -0.4 is 0 Å². The number of hydrogen-bond acceptors (Lipinski definition) is 15. The predicted octanol–water partition coefficient (Wildman–Crippen LogP) is 16.8. The molecule has 0 aliphatic heterocycles. The second-order valence-corrected chi connectivity index (χ2v) is 25.0. The molecule has 0 fully saturated rings. The van der Waals surface area contributed by atoms with Gasteiger partial charge in [0.1, 0.15) is 19.3 Å². The first kappa shape index (κ1) is 78.1. The zero-order chi connectivity index (χ0) is 59.1. The molecule has 0 aromatic heterocycles. The van der Waals surface area contributed by atoms with Gasteiger partial charge in [-0.3, -0.25) is 37.3 Å². The van der Waals surface area contributed by atoms with Crippen LogP contribution in [0.5, 0.6) is 0 Å². The molecule has 5 atom stereocenters. The molecule has 0 saturated carbocycles. The van der Waals surface area contributed by atoms with Crippen LogP contribution in [0.1, 0.15) is 310 Å². The maximum atomic E-state index is 12.9. The highest BCUT2D eigenvalue weighted by Gasteiger charge is 2.30. The molecule has 0 aliphatic rings. The molecule has 3 N–H and O–H groups in total. The van der Waals surface area contributed by atoms with E-state index in [0.29, 0.717) is 25.7 Å². The molecule has 0 aliphatic carbocycles. The van der Waals surface area contributed by atoms with Crippen LogP contribution in [0.15, 0.2) is 0 Å². The lowest BCUT2D eigenvalue weighted by molar-refractivity contribution is -0.161. The molecule has 0 rings (SSSR count). The van der Waals surface area contributed by atoms with Crippen LogP contribution in [-0.2, 0) is 65.4 Å². The summed E-state index contributed by atoms with van der Waals surface area (Å²) in [4.78, 5) is 71.7. The van der Waals surface area contributed by atoms with Gasteiger partial charge < -0.3 is 33.8 Å². The number of rotatable bonds is 62. The van der Waals surface area contributed by atoms with E-state index in [1.807, 2.05) is 0 Å². The number of phosphoric ester groups is 2. The molecule has 0 saturated heterocycles. The largest absolute Gasteiger partial charge is 0.472 e. The van der Waals surface area contributed by atoms with Gasteiger partial charge in [-0.05, 0) is 25.7 Å². The minimum atomic E-state index is -4.94. The Morgan fingerprint density at radius 1 is 0.300 bits per heavy atom. The van der Waals surface area contributed by atoms with Gasteiger partial charge in [-0.15, -0.1) is 0 Å². The first-order chi connectivity index (χ1) is 38.7. The van der Waals surface area contributed by atoms with E-state index in [4.69, 9.17) is 37.0 Å². The van der Waals surface area contributed by atoms with Gasteiger partial charge in [0.25, 0.3) is 0 Å². The van der Waals surface area contributed by atoms with E-state index in [1.165, 1.54) is 128 Å². The molecule has 0 amide bonds. The summed E-state index contributed by atoms with van der Waals surface area (Å²) >= 11 is 0. The molecule has 0 bridgehead atoms. The Hall–Kier alpha value is -1.94. The van der Waals surface area contributed by atoms with Crippen molar-refractivity contribution in [2.75, 3.05) is 39.6 Å². The Kier molecular flexibility index (Phi) is 54.8. The number of carbonyl (C=O) groups is 4. The van der Waals surface area contributed by atoms with Gasteiger partial charge in [0.2, 0.25) is 0 Å². The normalized spacial score (nSPS) is 14.2. The van der Waals surface area contributed by atoms with E-state index in [9.17, 15) is 43.2 Å². The number of phosphoric acid groups is 2. The molecule has 0 aromatic carbocycles. The van der Waals surface area contributed by atoms with Crippen LogP contribution in [0.25, 0.3) is 0 Å². The molecule has 2 unspecified atom stereocenters. The van der Waals surface area contributed by atoms with Crippen LogP contribution in [-0.4, -0.2) is 96.7 Å². The molecule has 0 aromatic rings. The Balaban J connectivity index is 5.12. The summed E-state index contributed by atoms with van der Waals surface area (Å²) in [6.45, 7) is 4.75. The molecular weight excluding hydrogens is 1070 g/mol. The maximum absolute atomic E-state index is 12.9. The Bertz CT molecular complexity index is 1550. The van der Waals surface area contributed by atoms with Crippen molar-refractivity contribution in [3.8, 4) is 0 Å². The van der Waals surface area contributed by atoms with Crippen LogP contribution in [0.4, 0.5) is 0 Å². The first-order valence-electron chi connectivity index (χ1n) is 32.3. The average Bonchev–Trinajstić information content (AvgIpc) is 3.43. The van der Waals surface area contributed by atoms with Gasteiger partial charge in [0.05, 0.1) is 26.4 Å². The van der Waals surface area contributed by atoms with Crippen molar-refractivity contribution in [3.63, 3.8) is 0 Å². The van der Waals surface area contributed by atoms with Gasteiger partial charge in [0.15, 0.2) is 12.2 Å². The van der Waals surface area contributed by atoms with E-state index in [0.717, 1.165) is 103 Å². The van der Waals surface area contributed by atoms with E-state index in [2.05, 4.69) is 27.7 Å². The summed E-state index contributed by atoms with van der Waals surface area (Å²) in [7, 11) is -9.86. The van der Waals surface area contributed by atoms with Crippen LogP contribution in [0.2, 0.25) is 0 Å². The van der Waals surface area contributed by atoms with Crippen molar-refractivity contribution >= 4 is 39.5 Å². The number of carbonyl (C=O) groups excluding carboxylic acids is 4. The number of aliphatic hydroxyl groups excluding tert-OH is 1. The van der Waals surface area contributed by atoms with Gasteiger partial charge in [-0.2, -0.15) is 0 Å². The van der Waals surface area contributed by atoms with E-state index < -0.39 is 97.5 Å². The van der Waals surface area contributed by atoms with E-state index in [-0.39, 0.29) is 25.7 Å². The third kappa shape index (κ3) is 55.3. The highest BCUT2D eigenvalue weighted by Crippen LogP contribution is 2.45. The smallest absolute Gasteiger partial charge is 0.462 e. The van der Waals surface area contributed by atoms with Gasteiger partial charge >= 0.3 is 39.5 Å². The lowest BCUT2D eigenvalue weighted by Gasteiger charge is -2.21. The second-order valence-electron chi connectivity index (χ2n) is 22.1. The monoisotopic (exact) mass is 1180 g/mol. The topological polar surface area (TPSA) is 237 Å². The zero-order valence-corrected chi connectivity index (χ0v) is 52.8. The van der Waals surface area contributed by atoms with Crippen LogP contribution in [0, 0.1) is 0 Å².